The van der Waals surface area contributed by atoms with Crippen LogP contribution in [0.1, 0.15) is 17.3 Å². The van der Waals surface area contributed by atoms with Gasteiger partial charge in [-0.25, -0.2) is 18.4 Å². The van der Waals surface area contributed by atoms with Gasteiger partial charge in [0.1, 0.15) is 0 Å². The average molecular weight is 474 g/mol. The maximum Gasteiger partial charge on any atom is 0.338 e. The molecule has 0 radical (unpaired) electrons. The van der Waals surface area contributed by atoms with Crippen LogP contribution >= 0.6 is 22.6 Å². The number of hydrogen-bond acceptors (Lipinski definition) is 5. The van der Waals surface area contributed by atoms with Crippen LogP contribution in [0.15, 0.2) is 53.4 Å². The Morgan fingerprint density at radius 3 is 2.36 bits per heavy atom. The van der Waals surface area contributed by atoms with Crippen LogP contribution in [-0.2, 0) is 19.6 Å². The van der Waals surface area contributed by atoms with Gasteiger partial charge in [-0.1, -0.05) is 6.07 Å². The van der Waals surface area contributed by atoms with Crippen molar-refractivity contribution in [3.8, 4) is 0 Å². The number of carbonyl (C=O) groups excluding carboxylic acids is 2. The molecule has 2 aromatic carbocycles. The molecule has 0 unspecified atom stereocenters. The van der Waals surface area contributed by atoms with Crippen LogP contribution in [-0.4, -0.2) is 26.4 Å². The number of primary sulfonamides is 1. The largest absolute Gasteiger partial charge is 0.449 e. The molecule has 132 valence electrons. The number of nitrogens with two attached hydrogens (primary N) is 1. The van der Waals surface area contributed by atoms with Crippen LogP contribution < -0.4 is 10.5 Å². The monoisotopic (exact) mass is 474 g/mol. The average Bonchev–Trinajstić information content (AvgIpc) is 2.54. The molecule has 0 fully saturated rings. The lowest BCUT2D eigenvalue weighted by molar-refractivity contribution is -0.123. The second kappa shape index (κ2) is 7.93. The number of esters is 1. The van der Waals surface area contributed by atoms with Crippen molar-refractivity contribution in [2.75, 3.05) is 5.32 Å². The summed E-state index contributed by atoms with van der Waals surface area (Å²) in [5.74, 6) is -1.15. The van der Waals surface area contributed by atoms with E-state index in [9.17, 15) is 18.0 Å². The van der Waals surface area contributed by atoms with E-state index in [-0.39, 0.29) is 4.90 Å². The minimum absolute atomic E-state index is 0.0661. The third-order valence-electron chi connectivity index (χ3n) is 3.16. The first-order valence-corrected chi connectivity index (χ1v) is 9.69. The number of carbonyl (C=O) groups is 2. The molecule has 1 amide bonds. The lowest BCUT2D eigenvalue weighted by Gasteiger charge is -2.14. The normalized spacial score (nSPS) is 12.3. The quantitative estimate of drug-likeness (QED) is 0.509. The molecule has 0 spiro atoms. The highest BCUT2D eigenvalue weighted by Gasteiger charge is 2.19. The first-order valence-electron chi connectivity index (χ1n) is 7.07. The first-order chi connectivity index (χ1) is 11.7. The van der Waals surface area contributed by atoms with E-state index in [1.54, 1.807) is 18.2 Å². The molecule has 0 aliphatic rings. The van der Waals surface area contributed by atoms with E-state index in [0.717, 1.165) is 3.57 Å². The molecular weight excluding hydrogens is 459 g/mol. The lowest BCUT2D eigenvalue weighted by atomic mass is 10.2. The zero-order valence-electron chi connectivity index (χ0n) is 13.1. The molecule has 0 bridgehead atoms. The molecule has 3 N–H and O–H groups in total. The van der Waals surface area contributed by atoms with Crippen LogP contribution in [0.3, 0.4) is 0 Å². The number of benzene rings is 2. The van der Waals surface area contributed by atoms with Gasteiger partial charge < -0.3 is 10.1 Å². The van der Waals surface area contributed by atoms with Gasteiger partial charge in [0.05, 0.1) is 10.5 Å². The summed E-state index contributed by atoms with van der Waals surface area (Å²) >= 11 is 2.07. The van der Waals surface area contributed by atoms with Crippen molar-refractivity contribution in [3.05, 3.63) is 57.7 Å². The number of ether oxygens (including phenoxy) is 1. The van der Waals surface area contributed by atoms with Crippen molar-refractivity contribution < 1.29 is 22.7 Å². The van der Waals surface area contributed by atoms with Gasteiger partial charge in [0.2, 0.25) is 10.0 Å². The molecule has 1 atom stereocenters. The van der Waals surface area contributed by atoms with E-state index in [1.165, 1.54) is 31.2 Å². The van der Waals surface area contributed by atoms with Crippen molar-refractivity contribution in [3.63, 3.8) is 0 Å². The summed E-state index contributed by atoms with van der Waals surface area (Å²) in [5, 5.41) is 7.54. The fraction of sp³-hybridized carbons (Fsp3) is 0.125. The molecule has 0 aliphatic heterocycles. The van der Waals surface area contributed by atoms with E-state index in [4.69, 9.17) is 9.88 Å². The summed E-state index contributed by atoms with van der Waals surface area (Å²) in [4.78, 5) is 24.1. The number of rotatable bonds is 5. The van der Waals surface area contributed by atoms with Crippen molar-refractivity contribution in [1.29, 1.82) is 0 Å². The van der Waals surface area contributed by atoms with Gasteiger partial charge in [-0.05, 0) is 72.0 Å². The maximum atomic E-state index is 12.1. The first kappa shape index (κ1) is 19.3. The Balaban J connectivity index is 1.99. The fourth-order valence-corrected chi connectivity index (χ4v) is 2.93. The number of halogens is 1. The zero-order valence-corrected chi connectivity index (χ0v) is 16.1. The Morgan fingerprint density at radius 2 is 1.80 bits per heavy atom. The van der Waals surface area contributed by atoms with Gasteiger partial charge in [-0.15, -0.1) is 0 Å². The van der Waals surface area contributed by atoms with Gasteiger partial charge in [0.15, 0.2) is 6.10 Å². The van der Waals surface area contributed by atoms with Crippen LogP contribution in [0.5, 0.6) is 0 Å². The van der Waals surface area contributed by atoms with E-state index in [0.29, 0.717) is 11.3 Å². The van der Waals surface area contributed by atoms with E-state index < -0.39 is 28.0 Å². The standard InChI is InChI=1S/C16H15IN2O5S/c1-10(24-16(21)11-3-2-4-12(17)9-11)15(20)19-13-5-7-14(8-6-13)25(18,22)23/h2-10H,1H3,(H,19,20)(H2,18,22,23)/t10-/m1/s1. The molecule has 0 heterocycles. The van der Waals surface area contributed by atoms with Gasteiger partial charge in [0, 0.05) is 9.26 Å². The smallest absolute Gasteiger partial charge is 0.338 e. The van der Waals surface area contributed by atoms with Crippen molar-refractivity contribution in [2.24, 2.45) is 5.14 Å². The number of sulfonamides is 1. The third-order valence-corrected chi connectivity index (χ3v) is 4.76. The molecule has 0 saturated heterocycles. The molecule has 7 nitrogen and oxygen atoms in total. The summed E-state index contributed by atoms with van der Waals surface area (Å²) in [6, 6.07) is 12.1. The Morgan fingerprint density at radius 1 is 1.16 bits per heavy atom. The predicted octanol–water partition coefficient (Wildman–Crippen LogP) is 2.12. The second-order valence-electron chi connectivity index (χ2n) is 5.12. The third kappa shape index (κ3) is 5.51. The van der Waals surface area contributed by atoms with Gasteiger partial charge in [-0.3, -0.25) is 4.79 Å². The highest BCUT2D eigenvalue weighted by atomic mass is 127. The molecule has 0 saturated carbocycles. The summed E-state index contributed by atoms with van der Waals surface area (Å²) in [7, 11) is -3.80. The van der Waals surface area contributed by atoms with Crippen LogP contribution in [0.4, 0.5) is 5.69 Å². The number of nitrogens with one attached hydrogen (secondary N) is 1. The number of amides is 1. The van der Waals surface area contributed by atoms with E-state index in [2.05, 4.69) is 27.9 Å². The van der Waals surface area contributed by atoms with Crippen LogP contribution in [0, 0.1) is 3.57 Å². The molecule has 9 heteroatoms. The molecule has 0 aromatic heterocycles. The molecule has 25 heavy (non-hydrogen) atoms. The van der Waals surface area contributed by atoms with Gasteiger partial charge in [0.25, 0.3) is 5.91 Å². The van der Waals surface area contributed by atoms with Crippen LogP contribution in [0.25, 0.3) is 0 Å². The number of anilines is 1. The Kier molecular flexibility index (Phi) is 6.14. The highest BCUT2D eigenvalue weighted by Crippen LogP contribution is 2.14. The predicted molar refractivity (Wildman–Crippen MR) is 100 cm³/mol. The minimum atomic E-state index is -3.80. The fourth-order valence-electron chi connectivity index (χ4n) is 1.87. The minimum Gasteiger partial charge on any atom is -0.449 e. The van der Waals surface area contributed by atoms with E-state index in [1.807, 2.05) is 6.07 Å². The molecule has 2 aromatic rings. The Labute approximate surface area is 158 Å². The maximum absolute atomic E-state index is 12.1. The summed E-state index contributed by atoms with van der Waals surface area (Å²) in [6.45, 7) is 1.44. The molecule has 0 aliphatic carbocycles. The van der Waals surface area contributed by atoms with Crippen molar-refractivity contribution in [1.82, 2.24) is 0 Å². The highest BCUT2D eigenvalue weighted by molar-refractivity contribution is 14.1. The molecular formula is C16H15IN2O5S. The van der Waals surface area contributed by atoms with Crippen LogP contribution in [0.2, 0.25) is 0 Å². The Hall–Kier alpha value is -1.98. The summed E-state index contributed by atoms with van der Waals surface area (Å²) in [6.07, 6.45) is -1.02. The lowest BCUT2D eigenvalue weighted by Crippen LogP contribution is -2.30. The zero-order chi connectivity index (χ0) is 18.6. The van der Waals surface area contributed by atoms with E-state index >= 15 is 0 Å². The topological polar surface area (TPSA) is 116 Å². The van der Waals surface area contributed by atoms with Crippen molar-refractivity contribution in [2.45, 2.75) is 17.9 Å². The Bertz CT molecular complexity index is 897. The van der Waals surface area contributed by atoms with Gasteiger partial charge >= 0.3 is 5.97 Å². The summed E-state index contributed by atoms with van der Waals surface area (Å²) < 4.78 is 28.4. The van der Waals surface area contributed by atoms with Crippen molar-refractivity contribution >= 4 is 50.2 Å². The second-order valence-corrected chi connectivity index (χ2v) is 7.92. The van der Waals surface area contributed by atoms with Gasteiger partial charge in [-0.2, -0.15) is 0 Å². The number of hydrogen-bond donors (Lipinski definition) is 2. The SMILES string of the molecule is C[C@@H](OC(=O)c1cccc(I)c1)C(=O)Nc1ccc(S(N)(=O)=O)cc1. The summed E-state index contributed by atoms with van der Waals surface area (Å²) in [5.41, 5.74) is 0.707. The molecule has 2 rings (SSSR count).